The van der Waals surface area contributed by atoms with E-state index in [0.29, 0.717) is 6.42 Å². The first-order chi connectivity index (χ1) is 7.70. The van der Waals surface area contributed by atoms with Gasteiger partial charge in [0.2, 0.25) is 0 Å². The van der Waals surface area contributed by atoms with E-state index in [1.54, 1.807) is 0 Å². The van der Waals surface area contributed by atoms with Gasteiger partial charge in [-0.2, -0.15) is 0 Å². The van der Waals surface area contributed by atoms with Crippen LogP contribution in [0.4, 0.5) is 4.39 Å². The van der Waals surface area contributed by atoms with Crippen molar-refractivity contribution < 1.29 is 13.9 Å². The number of carbonyl (C=O) groups excluding carboxylic acids is 1. The summed E-state index contributed by atoms with van der Waals surface area (Å²) < 4.78 is 16.9. The van der Waals surface area contributed by atoms with Crippen molar-refractivity contribution in [2.45, 2.75) is 55.3 Å². The van der Waals surface area contributed by atoms with Crippen LogP contribution in [0.3, 0.4) is 0 Å². The van der Waals surface area contributed by atoms with E-state index in [2.05, 4.69) is 27.3 Å². The normalized spacial score (nSPS) is 12.4. The van der Waals surface area contributed by atoms with E-state index in [4.69, 9.17) is 0 Å². The summed E-state index contributed by atoms with van der Waals surface area (Å²) in [7, 11) is 1.42. The second-order valence-corrected chi connectivity index (χ2v) is 5.75. The van der Waals surface area contributed by atoms with Crippen LogP contribution in [0.1, 0.15) is 51.4 Å². The Morgan fingerprint density at radius 3 is 2.31 bits per heavy atom. The molecular weight excluding hydrogens is 322 g/mol. The summed E-state index contributed by atoms with van der Waals surface area (Å²) in [6.45, 7) is -0.209. The first kappa shape index (κ1) is 16.1. The average molecular weight is 344 g/mol. The van der Waals surface area contributed by atoms with Crippen LogP contribution in [-0.4, -0.2) is 23.7 Å². The molecule has 0 saturated carbocycles. The monoisotopic (exact) mass is 344 g/mol. The third-order valence-corrected chi connectivity index (χ3v) is 3.50. The minimum atomic E-state index is -0.209. The number of alkyl halides is 2. The lowest BCUT2D eigenvalue weighted by atomic mass is 10.1. The van der Waals surface area contributed by atoms with Crippen LogP contribution in [0, 0.1) is 0 Å². The number of carbonyl (C=O) groups is 1. The maximum Gasteiger partial charge on any atom is 0.305 e. The van der Waals surface area contributed by atoms with Crippen molar-refractivity contribution in [3.8, 4) is 0 Å². The molecule has 0 N–H and O–H groups in total. The molecule has 0 aromatic heterocycles. The molecule has 0 rings (SSSR count). The van der Waals surface area contributed by atoms with E-state index < -0.39 is 0 Å². The van der Waals surface area contributed by atoms with Gasteiger partial charge in [0.05, 0.1) is 7.11 Å². The second kappa shape index (κ2) is 11.6. The van der Waals surface area contributed by atoms with Crippen LogP contribution in [-0.2, 0) is 9.53 Å². The molecule has 0 saturated heterocycles. The Labute approximate surface area is 111 Å². The van der Waals surface area contributed by atoms with E-state index in [-0.39, 0.29) is 16.6 Å². The fraction of sp³-hybridized carbons (Fsp3) is 0.917. The minimum absolute atomic E-state index is 0.115. The van der Waals surface area contributed by atoms with Crippen molar-refractivity contribution in [3.63, 3.8) is 0 Å². The van der Waals surface area contributed by atoms with E-state index in [9.17, 15) is 9.18 Å². The van der Waals surface area contributed by atoms with Gasteiger partial charge in [-0.05, 0) is 12.8 Å². The molecule has 1 atom stereocenters. The Balaban J connectivity index is 3.07. The first-order valence-corrected chi connectivity index (χ1v) is 7.22. The molecule has 0 fully saturated rings. The second-order valence-electron chi connectivity index (χ2n) is 3.99. The van der Waals surface area contributed by atoms with E-state index in [1.807, 2.05) is 0 Å². The Hall–Kier alpha value is 0.130. The van der Waals surface area contributed by atoms with Crippen molar-refractivity contribution >= 4 is 28.6 Å². The number of ether oxygens (including phenoxy) is 1. The van der Waals surface area contributed by atoms with Crippen LogP contribution in [0.2, 0.25) is 0 Å². The van der Waals surface area contributed by atoms with Gasteiger partial charge in [-0.3, -0.25) is 4.79 Å². The molecule has 96 valence electrons. The molecule has 0 heterocycles. The number of rotatable bonds is 10. The zero-order valence-corrected chi connectivity index (χ0v) is 12.2. The van der Waals surface area contributed by atoms with Crippen LogP contribution < -0.4 is 0 Å². The predicted octanol–water partition coefficient (Wildman–Crippen LogP) is 4.05. The van der Waals surface area contributed by atoms with Crippen molar-refractivity contribution in [1.82, 2.24) is 0 Å². The highest BCUT2D eigenvalue weighted by atomic mass is 127. The van der Waals surface area contributed by atoms with Gasteiger partial charge in [-0.15, -0.1) is 0 Å². The fourth-order valence-electron chi connectivity index (χ4n) is 1.52. The van der Waals surface area contributed by atoms with Crippen molar-refractivity contribution in [1.29, 1.82) is 0 Å². The van der Waals surface area contributed by atoms with Gasteiger partial charge in [0.15, 0.2) is 0 Å². The quantitative estimate of drug-likeness (QED) is 0.259. The molecule has 0 aliphatic rings. The standard InChI is InChI=1S/C12H22FIO2/c1-16-12(15)9-7-5-3-2-4-6-8-11(14)10-13/h11H,2-10H2,1H3. The predicted molar refractivity (Wildman–Crippen MR) is 72.7 cm³/mol. The average Bonchev–Trinajstić information content (AvgIpc) is 2.31. The zero-order valence-electron chi connectivity index (χ0n) is 10.0. The summed E-state index contributed by atoms with van der Waals surface area (Å²) in [6.07, 6.45) is 8.19. The lowest BCUT2D eigenvalue weighted by molar-refractivity contribution is -0.140. The van der Waals surface area contributed by atoms with E-state index in [0.717, 1.165) is 25.7 Å². The molecule has 0 aliphatic carbocycles. The van der Waals surface area contributed by atoms with Crippen molar-refractivity contribution in [3.05, 3.63) is 0 Å². The summed E-state index contributed by atoms with van der Waals surface area (Å²) >= 11 is 2.16. The van der Waals surface area contributed by atoms with Gasteiger partial charge in [0.1, 0.15) is 6.67 Å². The molecule has 16 heavy (non-hydrogen) atoms. The maximum absolute atomic E-state index is 12.1. The van der Waals surface area contributed by atoms with Gasteiger partial charge >= 0.3 is 5.97 Å². The number of hydrogen-bond acceptors (Lipinski definition) is 2. The highest BCUT2D eigenvalue weighted by Crippen LogP contribution is 2.14. The SMILES string of the molecule is COC(=O)CCCCCCCCC(I)CF. The van der Waals surface area contributed by atoms with Crippen molar-refractivity contribution in [2.24, 2.45) is 0 Å². The van der Waals surface area contributed by atoms with Gasteiger partial charge in [0, 0.05) is 10.3 Å². The Kier molecular flexibility index (Phi) is 11.7. The number of halogens is 2. The minimum Gasteiger partial charge on any atom is -0.469 e. The summed E-state index contributed by atoms with van der Waals surface area (Å²) in [4.78, 5) is 10.8. The molecule has 0 spiro atoms. The van der Waals surface area contributed by atoms with Crippen LogP contribution in [0.15, 0.2) is 0 Å². The topological polar surface area (TPSA) is 26.3 Å². The van der Waals surface area contributed by atoms with Crippen LogP contribution in [0.5, 0.6) is 0 Å². The summed E-state index contributed by atoms with van der Waals surface area (Å²) in [5, 5.41) is 0. The summed E-state index contributed by atoms with van der Waals surface area (Å²) in [5.41, 5.74) is 0. The lowest BCUT2D eigenvalue weighted by Gasteiger charge is -2.04. The molecule has 0 bridgehead atoms. The molecule has 2 nitrogen and oxygen atoms in total. The molecule has 4 heteroatoms. The molecule has 0 aromatic rings. The van der Waals surface area contributed by atoms with Crippen molar-refractivity contribution in [2.75, 3.05) is 13.8 Å². The fourth-order valence-corrected chi connectivity index (χ4v) is 1.96. The third-order valence-electron chi connectivity index (χ3n) is 2.54. The van der Waals surface area contributed by atoms with E-state index >= 15 is 0 Å². The van der Waals surface area contributed by atoms with Gasteiger partial charge < -0.3 is 4.74 Å². The number of esters is 1. The highest BCUT2D eigenvalue weighted by molar-refractivity contribution is 14.1. The first-order valence-electron chi connectivity index (χ1n) is 5.97. The number of unbranched alkanes of at least 4 members (excludes halogenated alkanes) is 5. The third kappa shape index (κ3) is 10.6. The maximum atomic E-state index is 12.1. The molecular formula is C12H22FIO2. The van der Waals surface area contributed by atoms with Gasteiger partial charge in [0.25, 0.3) is 0 Å². The van der Waals surface area contributed by atoms with Gasteiger partial charge in [-0.1, -0.05) is 54.7 Å². The molecule has 0 aromatic carbocycles. The van der Waals surface area contributed by atoms with Crippen LogP contribution >= 0.6 is 22.6 Å². The summed E-state index contributed by atoms with van der Waals surface area (Å²) in [5.74, 6) is -0.115. The van der Waals surface area contributed by atoms with E-state index in [1.165, 1.54) is 26.4 Å². The number of hydrogen-bond donors (Lipinski definition) is 0. The highest BCUT2D eigenvalue weighted by Gasteiger charge is 2.02. The zero-order chi connectivity index (χ0) is 12.2. The Bertz CT molecular complexity index is 176. The largest absolute Gasteiger partial charge is 0.469 e. The molecule has 0 amide bonds. The Morgan fingerprint density at radius 2 is 1.75 bits per heavy atom. The molecule has 1 unspecified atom stereocenters. The summed E-state index contributed by atoms with van der Waals surface area (Å²) in [6, 6.07) is 0. The van der Waals surface area contributed by atoms with Crippen LogP contribution in [0.25, 0.3) is 0 Å². The molecule has 0 aliphatic heterocycles. The molecule has 0 radical (unpaired) electrons. The Morgan fingerprint density at radius 1 is 1.19 bits per heavy atom. The number of methoxy groups -OCH3 is 1. The van der Waals surface area contributed by atoms with Gasteiger partial charge in [-0.25, -0.2) is 4.39 Å². The smallest absolute Gasteiger partial charge is 0.305 e. The lowest BCUT2D eigenvalue weighted by Crippen LogP contribution is -1.99.